The predicted octanol–water partition coefficient (Wildman–Crippen LogP) is 3.80. The van der Waals surface area contributed by atoms with Gasteiger partial charge in [0.2, 0.25) is 0 Å². The summed E-state index contributed by atoms with van der Waals surface area (Å²) in [7, 11) is 0. The van der Waals surface area contributed by atoms with Crippen molar-refractivity contribution in [2.45, 2.75) is 6.54 Å². The molecule has 0 aliphatic carbocycles. The summed E-state index contributed by atoms with van der Waals surface area (Å²) in [6.07, 6.45) is 2.02. The van der Waals surface area contributed by atoms with Crippen molar-refractivity contribution < 1.29 is 14.3 Å². The van der Waals surface area contributed by atoms with Crippen molar-refractivity contribution in [3.63, 3.8) is 0 Å². The van der Waals surface area contributed by atoms with Crippen LogP contribution >= 0.6 is 0 Å². The Morgan fingerprint density at radius 1 is 0.923 bits per heavy atom. The van der Waals surface area contributed by atoms with Gasteiger partial charge in [0.05, 0.1) is 17.9 Å². The van der Waals surface area contributed by atoms with E-state index < -0.39 is 0 Å². The Morgan fingerprint density at radius 2 is 1.73 bits per heavy atom. The number of hydrogen-bond donors (Lipinski definition) is 1. The standard InChI is InChI=1S/C20H17N3O3/c24-20(21-14-7-8-18-19(12-14)26-11-10-25-18)23-13-15-4-3-9-22(15)16-5-1-2-6-17(16)23/h1-9,12H,10-11,13H2,(H,21,24). The molecule has 1 aromatic heterocycles. The molecule has 1 N–H and O–H groups in total. The minimum atomic E-state index is -0.179. The van der Waals surface area contributed by atoms with E-state index in [0.29, 0.717) is 36.9 Å². The van der Waals surface area contributed by atoms with Crippen molar-refractivity contribution >= 4 is 17.4 Å². The molecular weight excluding hydrogens is 330 g/mol. The summed E-state index contributed by atoms with van der Waals surface area (Å²) in [5.74, 6) is 1.36. The molecule has 6 heteroatoms. The number of para-hydroxylation sites is 2. The smallest absolute Gasteiger partial charge is 0.326 e. The topological polar surface area (TPSA) is 55.7 Å². The van der Waals surface area contributed by atoms with Gasteiger partial charge in [-0.05, 0) is 36.4 Å². The number of nitrogens with one attached hydrogen (secondary N) is 1. The Balaban J connectivity index is 1.44. The van der Waals surface area contributed by atoms with Crippen LogP contribution in [-0.4, -0.2) is 23.8 Å². The maximum Gasteiger partial charge on any atom is 0.326 e. The highest BCUT2D eigenvalue weighted by atomic mass is 16.6. The molecule has 2 aromatic carbocycles. The molecule has 3 heterocycles. The molecule has 2 aliphatic rings. The number of benzene rings is 2. The van der Waals surface area contributed by atoms with E-state index in [1.807, 2.05) is 54.7 Å². The third kappa shape index (κ3) is 2.38. The van der Waals surface area contributed by atoms with E-state index >= 15 is 0 Å². The second kappa shape index (κ2) is 5.84. The van der Waals surface area contributed by atoms with Crippen LogP contribution in [0.2, 0.25) is 0 Å². The molecule has 3 aromatic rings. The number of anilines is 2. The van der Waals surface area contributed by atoms with Gasteiger partial charge in [-0.25, -0.2) is 4.79 Å². The first-order valence-electron chi connectivity index (χ1n) is 8.53. The van der Waals surface area contributed by atoms with Crippen LogP contribution in [-0.2, 0) is 6.54 Å². The van der Waals surface area contributed by atoms with Crippen molar-refractivity contribution in [1.29, 1.82) is 0 Å². The van der Waals surface area contributed by atoms with Crippen LogP contribution in [0, 0.1) is 0 Å². The average Bonchev–Trinajstić information content (AvgIpc) is 3.16. The number of aromatic nitrogens is 1. The Bertz CT molecular complexity index is 995. The van der Waals surface area contributed by atoms with Gasteiger partial charge in [0.25, 0.3) is 0 Å². The molecule has 0 saturated carbocycles. The Kier molecular flexibility index (Phi) is 3.35. The fraction of sp³-hybridized carbons (Fsp3) is 0.150. The molecule has 26 heavy (non-hydrogen) atoms. The monoisotopic (exact) mass is 347 g/mol. The highest BCUT2D eigenvalue weighted by Gasteiger charge is 2.26. The van der Waals surface area contributed by atoms with Gasteiger partial charge in [-0.3, -0.25) is 4.90 Å². The molecule has 6 nitrogen and oxygen atoms in total. The number of hydrogen-bond acceptors (Lipinski definition) is 3. The summed E-state index contributed by atoms with van der Waals surface area (Å²) in [5.41, 5.74) is 3.63. The lowest BCUT2D eigenvalue weighted by atomic mass is 10.2. The zero-order valence-electron chi connectivity index (χ0n) is 14.0. The summed E-state index contributed by atoms with van der Waals surface area (Å²) < 4.78 is 13.2. The number of carbonyl (C=O) groups is 1. The molecule has 0 atom stereocenters. The average molecular weight is 347 g/mol. The van der Waals surface area contributed by atoms with Gasteiger partial charge in [-0.15, -0.1) is 0 Å². The van der Waals surface area contributed by atoms with E-state index in [9.17, 15) is 4.79 Å². The molecule has 0 bridgehead atoms. The summed E-state index contributed by atoms with van der Waals surface area (Å²) in [4.78, 5) is 14.7. The number of carbonyl (C=O) groups excluding carboxylic acids is 1. The maximum absolute atomic E-state index is 13.0. The van der Waals surface area contributed by atoms with Gasteiger partial charge in [0.1, 0.15) is 13.2 Å². The van der Waals surface area contributed by atoms with E-state index in [0.717, 1.165) is 17.1 Å². The minimum absolute atomic E-state index is 0.179. The first-order chi connectivity index (χ1) is 12.8. The zero-order chi connectivity index (χ0) is 17.5. The van der Waals surface area contributed by atoms with E-state index in [4.69, 9.17) is 9.47 Å². The highest BCUT2D eigenvalue weighted by molar-refractivity contribution is 6.03. The van der Waals surface area contributed by atoms with Crippen LogP contribution in [0.5, 0.6) is 11.5 Å². The number of ether oxygens (including phenoxy) is 2. The van der Waals surface area contributed by atoms with Crippen LogP contribution in [0.3, 0.4) is 0 Å². The molecule has 0 radical (unpaired) electrons. The number of urea groups is 1. The van der Waals surface area contributed by atoms with Crippen molar-refractivity contribution in [3.05, 3.63) is 66.5 Å². The molecular formula is C20H17N3O3. The molecule has 2 amide bonds. The first-order valence-corrected chi connectivity index (χ1v) is 8.53. The van der Waals surface area contributed by atoms with Crippen molar-refractivity contribution in [1.82, 2.24) is 4.57 Å². The van der Waals surface area contributed by atoms with Crippen LogP contribution in [0.15, 0.2) is 60.8 Å². The Morgan fingerprint density at radius 3 is 2.62 bits per heavy atom. The Labute approximate surface area is 150 Å². The molecule has 0 saturated heterocycles. The number of nitrogens with zero attached hydrogens (tertiary/aromatic N) is 2. The van der Waals surface area contributed by atoms with Crippen molar-refractivity contribution in [2.75, 3.05) is 23.4 Å². The largest absolute Gasteiger partial charge is 0.486 e. The molecule has 2 aliphatic heterocycles. The predicted molar refractivity (Wildman–Crippen MR) is 98.4 cm³/mol. The summed E-state index contributed by atoms with van der Waals surface area (Å²) in [6.45, 7) is 1.57. The molecule has 0 unspecified atom stereocenters. The van der Waals surface area contributed by atoms with Crippen molar-refractivity contribution in [2.24, 2.45) is 0 Å². The van der Waals surface area contributed by atoms with E-state index in [1.165, 1.54) is 0 Å². The second-order valence-corrected chi connectivity index (χ2v) is 6.23. The fourth-order valence-electron chi connectivity index (χ4n) is 3.42. The zero-order valence-corrected chi connectivity index (χ0v) is 14.0. The fourth-order valence-corrected chi connectivity index (χ4v) is 3.42. The number of fused-ring (bicyclic) bond motifs is 4. The second-order valence-electron chi connectivity index (χ2n) is 6.23. The van der Waals surface area contributed by atoms with Gasteiger partial charge in [-0.2, -0.15) is 0 Å². The van der Waals surface area contributed by atoms with Crippen LogP contribution in [0.4, 0.5) is 16.2 Å². The summed E-state index contributed by atoms with van der Waals surface area (Å²) in [6, 6.07) is 17.2. The van der Waals surface area contributed by atoms with E-state index in [1.54, 1.807) is 11.0 Å². The van der Waals surface area contributed by atoms with Gasteiger partial charge < -0.3 is 19.4 Å². The molecule has 0 fully saturated rings. The summed E-state index contributed by atoms with van der Waals surface area (Å²) in [5, 5.41) is 2.97. The van der Waals surface area contributed by atoms with Crippen LogP contribution in [0.1, 0.15) is 5.69 Å². The highest BCUT2D eigenvalue weighted by Crippen LogP contribution is 2.35. The van der Waals surface area contributed by atoms with Gasteiger partial charge >= 0.3 is 6.03 Å². The number of amides is 2. The lowest BCUT2D eigenvalue weighted by Gasteiger charge is -2.31. The SMILES string of the molecule is O=C(Nc1ccc2c(c1)OCCO2)N1Cc2cccn2-c2ccccc21. The lowest BCUT2D eigenvalue weighted by molar-refractivity contribution is 0.171. The van der Waals surface area contributed by atoms with Crippen LogP contribution < -0.4 is 19.7 Å². The normalized spacial score (nSPS) is 14.4. The number of rotatable bonds is 1. The first kappa shape index (κ1) is 14.9. The van der Waals surface area contributed by atoms with Gasteiger partial charge in [-0.1, -0.05) is 12.1 Å². The van der Waals surface area contributed by atoms with Gasteiger partial charge in [0.15, 0.2) is 11.5 Å². The quantitative estimate of drug-likeness (QED) is 0.728. The maximum atomic E-state index is 13.0. The lowest BCUT2D eigenvalue weighted by Crippen LogP contribution is -2.38. The van der Waals surface area contributed by atoms with Crippen LogP contribution in [0.25, 0.3) is 5.69 Å². The van der Waals surface area contributed by atoms with E-state index in [2.05, 4.69) is 9.88 Å². The molecule has 130 valence electrons. The Hall–Kier alpha value is -3.41. The third-order valence-corrected chi connectivity index (χ3v) is 4.62. The molecule has 5 rings (SSSR count). The molecule has 0 spiro atoms. The third-order valence-electron chi connectivity index (χ3n) is 4.62. The van der Waals surface area contributed by atoms with Gasteiger partial charge in [0, 0.05) is 23.6 Å². The van der Waals surface area contributed by atoms with Crippen molar-refractivity contribution in [3.8, 4) is 17.2 Å². The summed E-state index contributed by atoms with van der Waals surface area (Å²) >= 11 is 0. The minimum Gasteiger partial charge on any atom is -0.486 e. The van der Waals surface area contributed by atoms with E-state index in [-0.39, 0.29) is 6.03 Å².